The monoisotopic (exact) mass is 552 g/mol. The third kappa shape index (κ3) is 5.40. The van der Waals surface area contributed by atoms with E-state index in [4.69, 9.17) is 26.4 Å². The molecule has 2 aromatic heterocycles. The van der Waals surface area contributed by atoms with Crippen LogP contribution in [0.3, 0.4) is 0 Å². The van der Waals surface area contributed by atoms with Gasteiger partial charge in [-0.15, -0.1) is 0 Å². The summed E-state index contributed by atoms with van der Waals surface area (Å²) in [5.41, 5.74) is 1.55. The summed E-state index contributed by atoms with van der Waals surface area (Å²) in [7, 11) is 3.17. The number of thioether (sulfide) groups is 1. The minimum atomic E-state index is -0.263. The number of nitrogens with one attached hydrogen (secondary N) is 1. The summed E-state index contributed by atoms with van der Waals surface area (Å²) < 4.78 is 18.3. The summed E-state index contributed by atoms with van der Waals surface area (Å²) in [6.07, 6.45) is 5.87. The van der Waals surface area contributed by atoms with E-state index in [1.54, 1.807) is 43.5 Å². The molecule has 1 aromatic carbocycles. The number of aromatic nitrogens is 2. The van der Waals surface area contributed by atoms with Gasteiger partial charge in [-0.05, 0) is 55.2 Å². The van der Waals surface area contributed by atoms with Crippen LogP contribution in [0.4, 0.5) is 5.82 Å². The molecular formula is C27H28N4O5S2. The van der Waals surface area contributed by atoms with Crippen molar-refractivity contribution in [1.82, 2.24) is 14.3 Å². The Labute approximate surface area is 229 Å². The number of thiocarbonyl (C=S) groups is 1. The number of ether oxygens (including phenoxy) is 3. The molecule has 1 N–H and O–H groups in total. The molecule has 5 rings (SSSR count). The van der Waals surface area contributed by atoms with E-state index < -0.39 is 0 Å². The second kappa shape index (κ2) is 11.5. The number of hydrogen-bond acceptors (Lipinski definition) is 9. The Kier molecular flexibility index (Phi) is 7.96. The largest absolute Gasteiger partial charge is 0.493 e. The first-order valence-corrected chi connectivity index (χ1v) is 13.5. The van der Waals surface area contributed by atoms with Crippen molar-refractivity contribution in [2.45, 2.75) is 25.4 Å². The van der Waals surface area contributed by atoms with Crippen LogP contribution in [0.2, 0.25) is 0 Å². The van der Waals surface area contributed by atoms with E-state index in [0.29, 0.717) is 57.3 Å². The van der Waals surface area contributed by atoms with Crippen LogP contribution in [-0.2, 0) is 16.0 Å². The Morgan fingerprint density at radius 1 is 1.21 bits per heavy atom. The molecule has 2 aliphatic rings. The van der Waals surface area contributed by atoms with Gasteiger partial charge in [0.2, 0.25) is 0 Å². The smallest absolute Gasteiger partial charge is 0.267 e. The molecule has 4 heterocycles. The maximum absolute atomic E-state index is 13.4. The fourth-order valence-corrected chi connectivity index (χ4v) is 5.77. The minimum Gasteiger partial charge on any atom is -0.493 e. The molecule has 2 fully saturated rings. The molecular weight excluding hydrogens is 524 g/mol. The third-order valence-corrected chi connectivity index (χ3v) is 7.89. The zero-order valence-corrected chi connectivity index (χ0v) is 22.8. The number of carbonyl (C=O) groups excluding carboxylic acids is 1. The summed E-state index contributed by atoms with van der Waals surface area (Å²) in [6.45, 7) is 1.66. The predicted molar refractivity (Wildman–Crippen MR) is 152 cm³/mol. The second-order valence-corrected chi connectivity index (χ2v) is 10.6. The lowest BCUT2D eigenvalue weighted by Gasteiger charge is -2.15. The Hall–Kier alpha value is -3.41. The van der Waals surface area contributed by atoms with E-state index in [9.17, 15) is 9.59 Å². The Morgan fingerprint density at radius 3 is 2.82 bits per heavy atom. The molecule has 9 nitrogen and oxygen atoms in total. The molecule has 3 aromatic rings. The number of hydrogen-bond donors (Lipinski definition) is 1. The van der Waals surface area contributed by atoms with Crippen molar-refractivity contribution in [1.29, 1.82) is 0 Å². The third-order valence-electron chi connectivity index (χ3n) is 6.51. The summed E-state index contributed by atoms with van der Waals surface area (Å²) in [5.74, 6) is 1.46. The first-order valence-electron chi connectivity index (χ1n) is 12.3. The van der Waals surface area contributed by atoms with Crippen molar-refractivity contribution >= 4 is 51.7 Å². The molecule has 198 valence electrons. The van der Waals surface area contributed by atoms with Crippen LogP contribution >= 0.6 is 24.0 Å². The van der Waals surface area contributed by atoms with Crippen molar-refractivity contribution < 1.29 is 19.0 Å². The van der Waals surface area contributed by atoms with E-state index in [2.05, 4.69) is 10.3 Å². The molecule has 0 aliphatic carbocycles. The van der Waals surface area contributed by atoms with Crippen LogP contribution in [-0.4, -0.2) is 64.5 Å². The molecule has 0 saturated carbocycles. The van der Waals surface area contributed by atoms with Crippen LogP contribution in [0.1, 0.15) is 24.0 Å². The Morgan fingerprint density at radius 2 is 2.05 bits per heavy atom. The van der Waals surface area contributed by atoms with Gasteiger partial charge in [-0.3, -0.25) is 18.9 Å². The van der Waals surface area contributed by atoms with Gasteiger partial charge >= 0.3 is 0 Å². The molecule has 2 saturated heterocycles. The lowest BCUT2D eigenvalue weighted by molar-refractivity contribution is -0.122. The maximum atomic E-state index is 13.4. The molecule has 1 unspecified atom stereocenters. The van der Waals surface area contributed by atoms with Crippen LogP contribution in [0.25, 0.3) is 11.7 Å². The molecule has 1 atom stereocenters. The fraction of sp³-hybridized carbons (Fsp3) is 0.333. The normalized spacial score (nSPS) is 18.5. The number of carbonyl (C=O) groups is 1. The number of fused-ring (bicyclic) bond motifs is 1. The van der Waals surface area contributed by atoms with Gasteiger partial charge in [-0.1, -0.05) is 36.1 Å². The number of pyridine rings is 1. The molecule has 38 heavy (non-hydrogen) atoms. The average molecular weight is 553 g/mol. The molecule has 2 aliphatic heterocycles. The molecule has 0 spiro atoms. The summed E-state index contributed by atoms with van der Waals surface area (Å²) >= 11 is 6.72. The van der Waals surface area contributed by atoms with Crippen LogP contribution in [0, 0.1) is 0 Å². The van der Waals surface area contributed by atoms with E-state index in [0.717, 1.165) is 25.0 Å². The van der Waals surface area contributed by atoms with Gasteiger partial charge in [-0.25, -0.2) is 4.98 Å². The molecule has 1 amide bonds. The molecule has 0 bridgehead atoms. The second-order valence-electron chi connectivity index (χ2n) is 8.90. The van der Waals surface area contributed by atoms with Crippen LogP contribution < -0.4 is 20.3 Å². The van der Waals surface area contributed by atoms with Crippen molar-refractivity contribution in [2.24, 2.45) is 0 Å². The summed E-state index contributed by atoms with van der Waals surface area (Å²) in [6, 6.07) is 11.0. The summed E-state index contributed by atoms with van der Waals surface area (Å²) in [5, 5.41) is 3.28. The highest BCUT2D eigenvalue weighted by molar-refractivity contribution is 8.26. The number of rotatable bonds is 9. The summed E-state index contributed by atoms with van der Waals surface area (Å²) in [4.78, 5) is 33.4. The Balaban J connectivity index is 1.39. The SMILES string of the molecule is COc1ccc(CCN2C(=O)C(=Cc3c(NCC4CCCO4)nc4ccccn4c3=O)SC2=S)cc1OC. The predicted octanol–water partition coefficient (Wildman–Crippen LogP) is 3.75. The molecule has 11 heteroatoms. The highest BCUT2D eigenvalue weighted by Crippen LogP contribution is 2.34. The quantitative estimate of drug-likeness (QED) is 0.315. The molecule has 0 radical (unpaired) electrons. The maximum Gasteiger partial charge on any atom is 0.267 e. The van der Waals surface area contributed by atoms with Gasteiger partial charge in [-0.2, -0.15) is 0 Å². The minimum absolute atomic E-state index is 0.0636. The Bertz CT molecular complexity index is 1470. The number of amides is 1. The van der Waals surface area contributed by atoms with Gasteiger partial charge in [0, 0.05) is 25.9 Å². The fourth-order valence-electron chi connectivity index (χ4n) is 4.48. The van der Waals surface area contributed by atoms with Crippen molar-refractivity contribution in [3.05, 3.63) is 69.0 Å². The van der Waals surface area contributed by atoms with Crippen LogP contribution in [0.5, 0.6) is 11.5 Å². The lowest BCUT2D eigenvalue weighted by Crippen LogP contribution is -2.30. The van der Waals surface area contributed by atoms with E-state index in [1.165, 1.54) is 16.2 Å². The van der Waals surface area contributed by atoms with E-state index in [1.807, 2.05) is 24.3 Å². The van der Waals surface area contributed by atoms with Gasteiger partial charge < -0.3 is 19.5 Å². The number of benzene rings is 1. The van der Waals surface area contributed by atoms with Gasteiger partial charge in [0.15, 0.2) is 11.5 Å². The van der Waals surface area contributed by atoms with Crippen molar-refractivity contribution in [3.8, 4) is 11.5 Å². The van der Waals surface area contributed by atoms with Crippen LogP contribution in [0.15, 0.2) is 52.3 Å². The van der Waals surface area contributed by atoms with Gasteiger partial charge in [0.05, 0.1) is 30.8 Å². The topological polar surface area (TPSA) is 94.4 Å². The standard InChI is InChI=1S/C27H28N4O5S2/c1-34-20-9-8-17(14-21(20)35-2)10-12-31-26(33)22(38-27(31)37)15-19-24(28-16-18-6-5-13-36-18)29-23-7-3-4-11-30(23)25(19)32/h3-4,7-9,11,14-15,18,28H,5-6,10,12-13,16H2,1-2H3. The van der Waals surface area contributed by atoms with Gasteiger partial charge in [0.25, 0.3) is 11.5 Å². The number of nitrogens with zero attached hydrogens (tertiary/aromatic N) is 3. The average Bonchev–Trinajstić information content (AvgIpc) is 3.55. The number of anilines is 1. The van der Waals surface area contributed by atoms with Crippen molar-refractivity contribution in [2.75, 3.05) is 39.2 Å². The van der Waals surface area contributed by atoms with E-state index >= 15 is 0 Å². The van der Waals surface area contributed by atoms with Crippen molar-refractivity contribution in [3.63, 3.8) is 0 Å². The van der Waals surface area contributed by atoms with Gasteiger partial charge in [0.1, 0.15) is 15.8 Å². The zero-order chi connectivity index (χ0) is 26.6. The number of methoxy groups -OCH3 is 2. The highest BCUT2D eigenvalue weighted by atomic mass is 32.2. The highest BCUT2D eigenvalue weighted by Gasteiger charge is 2.32. The zero-order valence-electron chi connectivity index (χ0n) is 21.1. The first-order chi connectivity index (χ1) is 18.5. The lowest BCUT2D eigenvalue weighted by atomic mass is 10.1. The first kappa shape index (κ1) is 26.2. The van der Waals surface area contributed by atoms with E-state index in [-0.39, 0.29) is 17.6 Å².